The average Bonchev–Trinajstić information content (AvgIpc) is 3.08. The van der Waals surface area contributed by atoms with Crippen molar-refractivity contribution in [1.82, 2.24) is 15.1 Å². The van der Waals surface area contributed by atoms with Crippen LogP contribution in [0.4, 0.5) is 4.79 Å². The van der Waals surface area contributed by atoms with Gasteiger partial charge in [0.1, 0.15) is 0 Å². The Hall–Kier alpha value is -1.60. The Morgan fingerprint density at radius 3 is 2.80 bits per heavy atom. The average molecular weight is 365 g/mol. The van der Waals surface area contributed by atoms with Gasteiger partial charge in [0.2, 0.25) is 5.91 Å². The molecule has 0 aromatic carbocycles. The van der Waals surface area contributed by atoms with Crippen LogP contribution in [0.3, 0.4) is 0 Å². The molecule has 2 aliphatic heterocycles. The molecule has 0 aliphatic carbocycles. The van der Waals surface area contributed by atoms with Crippen molar-refractivity contribution in [3.05, 3.63) is 21.9 Å². The lowest BCUT2D eigenvalue weighted by Gasteiger charge is -2.34. The molecular formula is C18H27N3O3S. The van der Waals surface area contributed by atoms with E-state index in [-0.39, 0.29) is 18.0 Å². The fourth-order valence-electron chi connectivity index (χ4n) is 3.66. The molecule has 6 nitrogen and oxygen atoms in total. The van der Waals surface area contributed by atoms with E-state index >= 15 is 0 Å². The van der Waals surface area contributed by atoms with Gasteiger partial charge < -0.3 is 15.0 Å². The standard InChI is InChI=1S/C18H27N3O3S/c1-3-24-18(23)20-8-4-14(5-9-20)19-17(22)12-21-10-6-16-15(13(21)2)7-11-25-16/h7,11,13-14H,3-6,8-10,12H2,1-2H3,(H,19,22)/t13-/m1/s1. The van der Waals surface area contributed by atoms with Crippen LogP contribution >= 0.6 is 11.3 Å². The van der Waals surface area contributed by atoms with E-state index in [9.17, 15) is 9.59 Å². The molecule has 1 saturated heterocycles. The maximum absolute atomic E-state index is 12.4. The summed E-state index contributed by atoms with van der Waals surface area (Å²) in [6, 6.07) is 2.63. The van der Waals surface area contributed by atoms with Gasteiger partial charge in [0.15, 0.2) is 0 Å². The predicted octanol–water partition coefficient (Wildman–Crippen LogP) is 2.40. The van der Waals surface area contributed by atoms with Crippen LogP contribution in [-0.2, 0) is 16.0 Å². The number of likely N-dealkylation sites (tertiary alicyclic amines) is 1. The van der Waals surface area contributed by atoms with Crippen LogP contribution in [-0.4, -0.2) is 60.6 Å². The third-order valence-corrected chi connectivity index (χ3v) is 6.13. The molecule has 7 heteroatoms. The third kappa shape index (κ3) is 4.33. The number of carbonyl (C=O) groups excluding carboxylic acids is 2. The van der Waals surface area contributed by atoms with Crippen LogP contribution in [0.2, 0.25) is 0 Å². The normalized spacial score (nSPS) is 21.7. The van der Waals surface area contributed by atoms with E-state index in [0.717, 1.165) is 25.8 Å². The summed E-state index contributed by atoms with van der Waals surface area (Å²) in [6.45, 7) is 7.04. The highest BCUT2D eigenvalue weighted by Crippen LogP contribution is 2.32. The molecule has 1 aromatic rings. The van der Waals surface area contributed by atoms with Crippen molar-refractivity contribution in [2.24, 2.45) is 0 Å². The number of hydrogen-bond donors (Lipinski definition) is 1. The zero-order valence-electron chi connectivity index (χ0n) is 15.0. The molecule has 3 rings (SSSR count). The largest absolute Gasteiger partial charge is 0.450 e. The second-order valence-corrected chi connectivity index (χ2v) is 7.72. The van der Waals surface area contributed by atoms with Gasteiger partial charge >= 0.3 is 6.09 Å². The number of thiophene rings is 1. The minimum Gasteiger partial charge on any atom is -0.450 e. The SMILES string of the molecule is CCOC(=O)N1CCC(NC(=O)CN2CCc3sccc3[C@H]2C)CC1. The number of nitrogens with one attached hydrogen (secondary N) is 1. The van der Waals surface area contributed by atoms with Crippen molar-refractivity contribution in [3.63, 3.8) is 0 Å². The van der Waals surface area contributed by atoms with Crippen molar-refractivity contribution in [3.8, 4) is 0 Å². The first kappa shape index (κ1) is 18.2. The molecule has 3 heterocycles. The summed E-state index contributed by atoms with van der Waals surface area (Å²) in [5, 5.41) is 5.28. The first-order valence-electron chi connectivity index (χ1n) is 9.10. The maximum atomic E-state index is 12.4. The number of piperidine rings is 1. The molecule has 2 amide bonds. The van der Waals surface area contributed by atoms with Gasteiger partial charge in [-0.1, -0.05) is 0 Å². The summed E-state index contributed by atoms with van der Waals surface area (Å²) in [7, 11) is 0. The Bertz CT molecular complexity index is 610. The molecule has 1 atom stereocenters. The van der Waals surface area contributed by atoms with E-state index in [1.807, 2.05) is 18.3 Å². The van der Waals surface area contributed by atoms with Gasteiger partial charge in [-0.05, 0) is 50.1 Å². The first-order valence-corrected chi connectivity index (χ1v) is 9.97. The second kappa shape index (κ2) is 8.19. The first-order chi connectivity index (χ1) is 12.1. The van der Waals surface area contributed by atoms with Crippen LogP contribution in [0.1, 0.15) is 43.2 Å². The molecule has 0 radical (unpaired) electrons. The minimum atomic E-state index is -0.249. The van der Waals surface area contributed by atoms with Crippen molar-refractivity contribution in [2.45, 2.75) is 45.2 Å². The van der Waals surface area contributed by atoms with E-state index in [1.165, 1.54) is 10.4 Å². The van der Waals surface area contributed by atoms with Crippen LogP contribution in [0.5, 0.6) is 0 Å². The monoisotopic (exact) mass is 365 g/mol. The summed E-state index contributed by atoms with van der Waals surface area (Å²) in [4.78, 5) is 29.6. The summed E-state index contributed by atoms with van der Waals surface area (Å²) in [5.74, 6) is 0.0834. The molecule has 0 bridgehead atoms. The number of rotatable bonds is 4. The van der Waals surface area contributed by atoms with Gasteiger partial charge in [0.25, 0.3) is 0 Å². The molecule has 0 unspecified atom stereocenters. The zero-order valence-corrected chi connectivity index (χ0v) is 15.8. The molecule has 0 saturated carbocycles. The molecule has 138 valence electrons. The van der Waals surface area contributed by atoms with Crippen LogP contribution < -0.4 is 5.32 Å². The Morgan fingerprint density at radius 1 is 1.32 bits per heavy atom. The van der Waals surface area contributed by atoms with Crippen LogP contribution in [0, 0.1) is 0 Å². The van der Waals surface area contributed by atoms with Crippen molar-refractivity contribution < 1.29 is 14.3 Å². The third-order valence-electron chi connectivity index (χ3n) is 5.14. The highest BCUT2D eigenvalue weighted by Gasteiger charge is 2.28. The molecule has 1 aromatic heterocycles. The zero-order chi connectivity index (χ0) is 17.8. The maximum Gasteiger partial charge on any atom is 0.409 e. The molecular weight excluding hydrogens is 338 g/mol. The molecule has 0 spiro atoms. The lowest BCUT2D eigenvalue weighted by atomic mass is 10.0. The van der Waals surface area contributed by atoms with Gasteiger partial charge in [-0.25, -0.2) is 4.79 Å². The molecule has 25 heavy (non-hydrogen) atoms. The quantitative estimate of drug-likeness (QED) is 0.890. The highest BCUT2D eigenvalue weighted by molar-refractivity contribution is 7.10. The number of fused-ring (bicyclic) bond motifs is 1. The fraction of sp³-hybridized carbons (Fsp3) is 0.667. The van der Waals surface area contributed by atoms with Crippen LogP contribution in [0.15, 0.2) is 11.4 Å². The van der Waals surface area contributed by atoms with Gasteiger partial charge in [0, 0.05) is 36.6 Å². The number of hydrogen-bond acceptors (Lipinski definition) is 5. The lowest BCUT2D eigenvalue weighted by Crippen LogP contribution is -2.49. The number of nitrogens with zero attached hydrogens (tertiary/aromatic N) is 2. The summed E-state index contributed by atoms with van der Waals surface area (Å²) in [5.41, 5.74) is 1.37. The van der Waals surface area contributed by atoms with E-state index in [4.69, 9.17) is 4.74 Å². The molecule has 2 aliphatic rings. The van der Waals surface area contributed by atoms with Crippen molar-refractivity contribution >= 4 is 23.3 Å². The summed E-state index contributed by atoms with van der Waals surface area (Å²) in [6.07, 6.45) is 2.35. The Balaban J connectivity index is 1.44. The van der Waals surface area contributed by atoms with E-state index in [2.05, 4.69) is 28.6 Å². The fourth-order valence-corrected chi connectivity index (χ4v) is 4.62. The minimum absolute atomic E-state index is 0.0834. The summed E-state index contributed by atoms with van der Waals surface area (Å²) < 4.78 is 5.03. The van der Waals surface area contributed by atoms with E-state index < -0.39 is 0 Å². The highest BCUT2D eigenvalue weighted by atomic mass is 32.1. The van der Waals surface area contributed by atoms with Gasteiger partial charge in [-0.2, -0.15) is 0 Å². The topological polar surface area (TPSA) is 61.9 Å². The smallest absolute Gasteiger partial charge is 0.409 e. The predicted molar refractivity (Wildman–Crippen MR) is 97.8 cm³/mol. The number of carbonyl (C=O) groups is 2. The van der Waals surface area contributed by atoms with Gasteiger partial charge in [-0.15, -0.1) is 11.3 Å². The Labute approximate surface area is 153 Å². The molecule has 1 fully saturated rings. The number of amides is 2. The molecule has 1 N–H and O–H groups in total. The number of ether oxygens (including phenoxy) is 1. The van der Waals surface area contributed by atoms with Crippen LogP contribution in [0.25, 0.3) is 0 Å². The van der Waals surface area contributed by atoms with Crippen molar-refractivity contribution in [1.29, 1.82) is 0 Å². The van der Waals surface area contributed by atoms with Crippen molar-refractivity contribution in [2.75, 3.05) is 32.8 Å². The van der Waals surface area contributed by atoms with Gasteiger partial charge in [-0.3, -0.25) is 9.69 Å². The van der Waals surface area contributed by atoms with E-state index in [1.54, 1.807) is 4.90 Å². The van der Waals surface area contributed by atoms with E-state index in [0.29, 0.717) is 32.3 Å². The lowest BCUT2D eigenvalue weighted by molar-refractivity contribution is -0.123. The summed E-state index contributed by atoms with van der Waals surface area (Å²) >= 11 is 1.81. The second-order valence-electron chi connectivity index (χ2n) is 6.72. The Morgan fingerprint density at radius 2 is 2.08 bits per heavy atom. The van der Waals surface area contributed by atoms with Gasteiger partial charge in [0.05, 0.1) is 13.2 Å². The Kier molecular flexibility index (Phi) is 5.96.